The number of hydrogen-bond acceptors (Lipinski definition) is 6. The lowest BCUT2D eigenvalue weighted by atomic mass is 10.1. The number of carbonyl (C=O) groups excluding carboxylic acids is 3. The van der Waals surface area contributed by atoms with Crippen molar-refractivity contribution in [3.05, 3.63) is 51.5 Å². The van der Waals surface area contributed by atoms with E-state index < -0.39 is 5.97 Å². The number of ether oxygens (including phenoxy) is 2. The third-order valence-corrected chi connectivity index (χ3v) is 6.33. The van der Waals surface area contributed by atoms with Gasteiger partial charge in [-0.05, 0) is 59.1 Å². The SMILES string of the molecule is COC(=O)c1c(NC(C)=O)sc2c(OCC(=O)Nc3ccc(C)c(C)c3)c(Br)ccc12. The van der Waals surface area contributed by atoms with E-state index in [-0.39, 0.29) is 24.0 Å². The number of aryl methyl sites for hydroxylation is 2. The molecule has 162 valence electrons. The number of anilines is 2. The van der Waals surface area contributed by atoms with Crippen molar-refractivity contribution in [2.75, 3.05) is 24.4 Å². The second-order valence-corrected chi connectivity index (χ2v) is 8.74. The van der Waals surface area contributed by atoms with Crippen molar-refractivity contribution in [1.29, 1.82) is 0 Å². The quantitative estimate of drug-likeness (QED) is 0.458. The summed E-state index contributed by atoms with van der Waals surface area (Å²) in [5.41, 5.74) is 3.14. The third-order valence-electron chi connectivity index (χ3n) is 4.58. The van der Waals surface area contributed by atoms with Gasteiger partial charge in [-0.3, -0.25) is 9.59 Å². The van der Waals surface area contributed by atoms with E-state index in [9.17, 15) is 14.4 Å². The Balaban J connectivity index is 1.89. The van der Waals surface area contributed by atoms with Crippen LogP contribution in [-0.2, 0) is 14.3 Å². The van der Waals surface area contributed by atoms with E-state index in [4.69, 9.17) is 9.47 Å². The van der Waals surface area contributed by atoms with Crippen LogP contribution in [0, 0.1) is 13.8 Å². The van der Waals surface area contributed by atoms with Gasteiger partial charge >= 0.3 is 5.97 Å². The van der Waals surface area contributed by atoms with Gasteiger partial charge in [-0.1, -0.05) is 12.1 Å². The highest BCUT2D eigenvalue weighted by Gasteiger charge is 2.24. The van der Waals surface area contributed by atoms with Gasteiger partial charge in [0.05, 0.1) is 16.3 Å². The van der Waals surface area contributed by atoms with Crippen LogP contribution in [0.2, 0.25) is 0 Å². The van der Waals surface area contributed by atoms with E-state index in [1.165, 1.54) is 25.4 Å². The van der Waals surface area contributed by atoms with Crippen molar-refractivity contribution in [3.8, 4) is 5.75 Å². The second kappa shape index (κ2) is 9.49. The average Bonchev–Trinajstić information content (AvgIpc) is 3.06. The zero-order chi connectivity index (χ0) is 22.7. The zero-order valence-corrected chi connectivity index (χ0v) is 19.8. The first kappa shape index (κ1) is 22.8. The Kier molecular flexibility index (Phi) is 6.97. The molecule has 9 heteroatoms. The Morgan fingerprint density at radius 3 is 2.45 bits per heavy atom. The molecule has 0 radical (unpaired) electrons. The molecule has 0 aliphatic heterocycles. The molecule has 31 heavy (non-hydrogen) atoms. The van der Waals surface area contributed by atoms with Crippen molar-refractivity contribution in [2.24, 2.45) is 0 Å². The van der Waals surface area contributed by atoms with Crippen molar-refractivity contribution < 1.29 is 23.9 Å². The first-order valence-corrected chi connectivity index (χ1v) is 10.9. The maximum absolute atomic E-state index is 12.4. The second-order valence-electron chi connectivity index (χ2n) is 6.87. The number of halogens is 1. The van der Waals surface area contributed by atoms with E-state index >= 15 is 0 Å². The number of benzene rings is 2. The van der Waals surface area contributed by atoms with Crippen LogP contribution in [0.5, 0.6) is 5.75 Å². The maximum atomic E-state index is 12.4. The monoisotopic (exact) mass is 504 g/mol. The lowest BCUT2D eigenvalue weighted by molar-refractivity contribution is -0.118. The third kappa shape index (κ3) is 5.05. The summed E-state index contributed by atoms with van der Waals surface area (Å²) in [6.07, 6.45) is 0. The summed E-state index contributed by atoms with van der Waals surface area (Å²) in [4.78, 5) is 36.3. The van der Waals surface area contributed by atoms with Crippen LogP contribution in [0.25, 0.3) is 10.1 Å². The van der Waals surface area contributed by atoms with Crippen molar-refractivity contribution in [3.63, 3.8) is 0 Å². The first-order chi connectivity index (χ1) is 14.7. The van der Waals surface area contributed by atoms with Crippen LogP contribution in [0.4, 0.5) is 10.7 Å². The van der Waals surface area contributed by atoms with Gasteiger partial charge in [0.15, 0.2) is 12.4 Å². The maximum Gasteiger partial charge on any atom is 0.341 e. The molecule has 2 aromatic carbocycles. The number of rotatable bonds is 6. The molecular formula is C22H21BrN2O5S. The topological polar surface area (TPSA) is 93.7 Å². The Hall–Kier alpha value is -2.91. The van der Waals surface area contributed by atoms with Crippen LogP contribution in [-0.4, -0.2) is 31.5 Å². The molecule has 0 atom stereocenters. The molecule has 0 aliphatic carbocycles. The molecule has 3 aromatic rings. The minimum absolute atomic E-state index is 0.231. The molecule has 0 saturated carbocycles. The molecule has 0 saturated heterocycles. The summed E-state index contributed by atoms with van der Waals surface area (Å²) in [7, 11) is 1.27. The normalized spacial score (nSPS) is 10.6. The molecule has 0 unspecified atom stereocenters. The van der Waals surface area contributed by atoms with Crippen LogP contribution in [0.15, 0.2) is 34.8 Å². The van der Waals surface area contributed by atoms with Gasteiger partial charge in [0.2, 0.25) is 5.91 Å². The summed E-state index contributed by atoms with van der Waals surface area (Å²) < 4.78 is 11.9. The number of carbonyl (C=O) groups is 3. The number of nitrogens with one attached hydrogen (secondary N) is 2. The van der Waals surface area contributed by atoms with E-state index in [0.717, 1.165) is 11.1 Å². The van der Waals surface area contributed by atoms with Crippen molar-refractivity contribution in [2.45, 2.75) is 20.8 Å². The molecule has 3 rings (SSSR count). The smallest absolute Gasteiger partial charge is 0.341 e. The van der Waals surface area contributed by atoms with Gasteiger partial charge in [0.1, 0.15) is 10.6 Å². The van der Waals surface area contributed by atoms with Crippen LogP contribution < -0.4 is 15.4 Å². The van der Waals surface area contributed by atoms with Gasteiger partial charge in [0, 0.05) is 18.0 Å². The highest BCUT2D eigenvalue weighted by Crippen LogP contribution is 2.44. The highest BCUT2D eigenvalue weighted by atomic mass is 79.9. The number of amides is 2. The fourth-order valence-corrected chi connectivity index (χ4v) is 4.77. The molecule has 7 nitrogen and oxygen atoms in total. The Labute approximate surface area is 191 Å². The van der Waals surface area contributed by atoms with Crippen LogP contribution in [0.3, 0.4) is 0 Å². The molecule has 0 fully saturated rings. The Bertz CT molecular complexity index is 1190. The molecule has 0 bridgehead atoms. The average molecular weight is 505 g/mol. The minimum Gasteiger partial charge on any atom is -0.481 e. The molecule has 2 amide bonds. The number of fused-ring (bicyclic) bond motifs is 1. The van der Waals surface area contributed by atoms with Gasteiger partial charge in [0.25, 0.3) is 5.91 Å². The van der Waals surface area contributed by atoms with E-state index in [0.29, 0.717) is 31.0 Å². The van der Waals surface area contributed by atoms with Crippen molar-refractivity contribution >= 4 is 65.8 Å². The summed E-state index contributed by atoms with van der Waals surface area (Å²) in [6, 6.07) is 9.11. The van der Waals surface area contributed by atoms with Crippen LogP contribution >= 0.6 is 27.3 Å². The number of esters is 1. The van der Waals surface area contributed by atoms with Crippen molar-refractivity contribution in [1.82, 2.24) is 0 Å². The predicted molar refractivity (Wildman–Crippen MR) is 125 cm³/mol. The Morgan fingerprint density at radius 1 is 1.06 bits per heavy atom. The summed E-state index contributed by atoms with van der Waals surface area (Å²) >= 11 is 4.61. The number of hydrogen-bond donors (Lipinski definition) is 2. The largest absolute Gasteiger partial charge is 0.481 e. The summed E-state index contributed by atoms with van der Waals surface area (Å²) in [6.45, 7) is 5.10. The minimum atomic E-state index is -0.573. The van der Waals surface area contributed by atoms with E-state index in [1.54, 1.807) is 12.1 Å². The number of thiophene rings is 1. The van der Waals surface area contributed by atoms with Gasteiger partial charge < -0.3 is 20.1 Å². The molecule has 0 aliphatic rings. The molecule has 1 heterocycles. The lowest BCUT2D eigenvalue weighted by Crippen LogP contribution is -2.20. The molecule has 0 spiro atoms. The molecular weight excluding hydrogens is 484 g/mol. The van der Waals surface area contributed by atoms with E-state index in [1.807, 2.05) is 32.0 Å². The zero-order valence-electron chi connectivity index (χ0n) is 17.4. The summed E-state index contributed by atoms with van der Waals surface area (Å²) in [5.74, 6) is -0.805. The highest BCUT2D eigenvalue weighted by molar-refractivity contribution is 9.10. The lowest BCUT2D eigenvalue weighted by Gasteiger charge is -2.11. The van der Waals surface area contributed by atoms with E-state index in [2.05, 4.69) is 26.6 Å². The van der Waals surface area contributed by atoms with Crippen LogP contribution in [0.1, 0.15) is 28.4 Å². The fraction of sp³-hybridized carbons (Fsp3) is 0.227. The first-order valence-electron chi connectivity index (χ1n) is 9.32. The number of methoxy groups -OCH3 is 1. The predicted octanol–water partition coefficient (Wildman–Crippen LogP) is 5.04. The van der Waals surface area contributed by atoms with Gasteiger partial charge in [-0.15, -0.1) is 11.3 Å². The standard InChI is InChI=1S/C22H21BrN2O5S/c1-11-5-6-14(9-12(11)2)25-17(27)10-30-19-16(23)8-7-15-18(22(28)29-4)21(24-13(3)26)31-20(15)19/h5-9H,10H2,1-4H3,(H,24,26)(H,25,27). The summed E-state index contributed by atoms with van der Waals surface area (Å²) in [5, 5.41) is 6.39. The molecule has 2 N–H and O–H groups in total. The Morgan fingerprint density at radius 2 is 1.81 bits per heavy atom. The fourth-order valence-electron chi connectivity index (χ4n) is 2.95. The van der Waals surface area contributed by atoms with Gasteiger partial charge in [-0.25, -0.2) is 4.79 Å². The molecule has 1 aromatic heterocycles. The van der Waals surface area contributed by atoms with Gasteiger partial charge in [-0.2, -0.15) is 0 Å².